The topological polar surface area (TPSA) is 88.8 Å². The largest absolute Gasteiger partial charge is 0.468 e. The van der Waals surface area contributed by atoms with Crippen LogP contribution in [0.3, 0.4) is 0 Å². The summed E-state index contributed by atoms with van der Waals surface area (Å²) in [5.41, 5.74) is 0.600. The molecule has 3 amide bonds. The van der Waals surface area contributed by atoms with Gasteiger partial charge in [-0.3, -0.25) is 9.59 Å². The maximum Gasteiger partial charge on any atom is 0.329 e. The van der Waals surface area contributed by atoms with E-state index in [2.05, 4.69) is 26.0 Å². The van der Waals surface area contributed by atoms with Crippen LogP contribution in [0.4, 0.5) is 9.18 Å². The fourth-order valence-corrected chi connectivity index (χ4v) is 2.86. The average molecular weight is 423 g/mol. The zero-order chi connectivity index (χ0) is 18.8. The second kappa shape index (κ2) is 7.12. The molecule has 2 heterocycles. The number of amides is 3. The third kappa shape index (κ3) is 3.52. The Morgan fingerprint density at radius 1 is 1.35 bits per heavy atom. The number of nitrogens with one attached hydrogen (secondary N) is 1. The normalized spacial score (nSPS) is 15.5. The van der Waals surface area contributed by atoms with Gasteiger partial charge in [-0.25, -0.2) is 14.1 Å². The van der Waals surface area contributed by atoms with Crippen LogP contribution in [0.2, 0.25) is 0 Å². The van der Waals surface area contributed by atoms with Gasteiger partial charge in [0, 0.05) is 16.1 Å². The van der Waals surface area contributed by atoms with E-state index in [-0.39, 0.29) is 11.5 Å². The van der Waals surface area contributed by atoms with Crippen molar-refractivity contribution in [1.29, 1.82) is 0 Å². The molecule has 0 bridgehead atoms. The van der Waals surface area contributed by atoms with Gasteiger partial charge in [0.05, 0.1) is 7.11 Å². The number of methoxy groups -OCH3 is 1. The van der Waals surface area contributed by atoms with Crippen LogP contribution in [0.15, 0.2) is 44.9 Å². The number of esters is 1. The van der Waals surface area contributed by atoms with Crippen LogP contribution < -0.4 is 5.32 Å². The van der Waals surface area contributed by atoms with Gasteiger partial charge in [0.2, 0.25) is 0 Å². The second-order valence-corrected chi connectivity index (χ2v) is 6.14. The molecule has 26 heavy (non-hydrogen) atoms. The highest BCUT2D eigenvalue weighted by atomic mass is 79.9. The van der Waals surface area contributed by atoms with Crippen molar-refractivity contribution in [2.75, 3.05) is 13.7 Å². The first kappa shape index (κ1) is 17.9. The molecule has 1 aliphatic heterocycles. The summed E-state index contributed by atoms with van der Waals surface area (Å²) in [6.45, 7) is -0.482. The predicted octanol–water partition coefficient (Wildman–Crippen LogP) is 2.91. The first-order valence-corrected chi connectivity index (χ1v) is 8.15. The lowest BCUT2D eigenvalue weighted by atomic mass is 10.2. The van der Waals surface area contributed by atoms with E-state index in [9.17, 15) is 18.8 Å². The van der Waals surface area contributed by atoms with E-state index in [1.807, 2.05) is 0 Å². The zero-order valence-corrected chi connectivity index (χ0v) is 15.0. The molecule has 0 aliphatic carbocycles. The van der Waals surface area contributed by atoms with E-state index in [1.54, 1.807) is 18.2 Å². The average Bonchev–Trinajstić information content (AvgIpc) is 3.15. The summed E-state index contributed by atoms with van der Waals surface area (Å²) in [6.07, 6.45) is 1.35. The Bertz CT molecular complexity index is 937. The number of ether oxygens (including phenoxy) is 1. The molecule has 1 aliphatic rings. The number of nitrogens with zero attached hydrogens (tertiary/aromatic N) is 1. The number of hydrogen-bond donors (Lipinski definition) is 1. The zero-order valence-electron chi connectivity index (χ0n) is 13.4. The molecule has 1 fully saturated rings. The maximum absolute atomic E-state index is 13.2. The number of carbonyl (C=O) groups excluding carboxylic acids is 3. The summed E-state index contributed by atoms with van der Waals surface area (Å²) in [5.74, 6) is -1.01. The fraction of sp³-hybridized carbons (Fsp3) is 0.118. The van der Waals surface area contributed by atoms with Gasteiger partial charge in [-0.2, -0.15) is 0 Å². The van der Waals surface area contributed by atoms with Crippen molar-refractivity contribution in [3.63, 3.8) is 0 Å². The number of halogens is 2. The van der Waals surface area contributed by atoms with Crippen molar-refractivity contribution in [3.05, 3.63) is 52.1 Å². The van der Waals surface area contributed by atoms with Crippen LogP contribution in [0, 0.1) is 5.82 Å². The van der Waals surface area contributed by atoms with Gasteiger partial charge in [-0.15, -0.1) is 0 Å². The molecular weight excluding hydrogens is 411 g/mol. The second-order valence-electron chi connectivity index (χ2n) is 5.28. The lowest BCUT2D eigenvalue weighted by Gasteiger charge is -2.08. The minimum Gasteiger partial charge on any atom is -0.468 e. The van der Waals surface area contributed by atoms with Crippen molar-refractivity contribution < 1.29 is 27.9 Å². The number of benzene rings is 1. The highest BCUT2D eigenvalue weighted by Gasteiger charge is 2.35. The number of carbonyl (C=O) groups is 3. The van der Waals surface area contributed by atoms with E-state index in [0.29, 0.717) is 21.6 Å². The van der Waals surface area contributed by atoms with Gasteiger partial charge in [-0.05, 0) is 46.3 Å². The molecule has 1 aromatic carbocycles. The maximum atomic E-state index is 13.2. The van der Waals surface area contributed by atoms with Gasteiger partial charge >= 0.3 is 12.0 Å². The molecule has 1 saturated heterocycles. The Hall–Kier alpha value is -2.94. The molecule has 0 unspecified atom stereocenters. The van der Waals surface area contributed by atoms with Crippen LogP contribution in [0.5, 0.6) is 0 Å². The highest BCUT2D eigenvalue weighted by molar-refractivity contribution is 9.10. The fourth-order valence-electron chi connectivity index (χ4n) is 2.32. The molecule has 1 aromatic heterocycles. The van der Waals surface area contributed by atoms with Gasteiger partial charge < -0.3 is 14.5 Å². The van der Waals surface area contributed by atoms with Crippen LogP contribution in [0.25, 0.3) is 17.4 Å². The molecule has 0 radical (unpaired) electrons. The minimum atomic E-state index is -0.722. The molecule has 3 rings (SSSR count). The van der Waals surface area contributed by atoms with Crippen molar-refractivity contribution >= 4 is 39.9 Å². The monoisotopic (exact) mass is 422 g/mol. The number of rotatable bonds is 4. The quantitative estimate of drug-likeness (QED) is 0.464. The lowest BCUT2D eigenvalue weighted by Crippen LogP contribution is -2.36. The Morgan fingerprint density at radius 2 is 2.12 bits per heavy atom. The predicted molar refractivity (Wildman–Crippen MR) is 92.0 cm³/mol. The molecule has 9 heteroatoms. The number of furan rings is 1. The molecule has 0 saturated carbocycles. The van der Waals surface area contributed by atoms with Crippen molar-refractivity contribution in [1.82, 2.24) is 10.2 Å². The van der Waals surface area contributed by atoms with Gasteiger partial charge in [0.15, 0.2) is 0 Å². The SMILES string of the molecule is COC(=O)CN1C(=O)NC(=Cc2ccc(-c3ccc(F)cc3Br)o2)C1=O. The van der Waals surface area contributed by atoms with E-state index in [0.717, 1.165) is 12.0 Å². The first-order valence-electron chi connectivity index (χ1n) is 7.35. The molecule has 134 valence electrons. The summed E-state index contributed by atoms with van der Waals surface area (Å²) in [7, 11) is 1.16. The van der Waals surface area contributed by atoms with Crippen LogP contribution >= 0.6 is 15.9 Å². The molecule has 1 N–H and O–H groups in total. The van der Waals surface area contributed by atoms with Crippen LogP contribution in [-0.2, 0) is 14.3 Å². The Labute approximate surface area is 155 Å². The molecular formula is C17H12BrFN2O5. The summed E-state index contributed by atoms with van der Waals surface area (Å²) in [4.78, 5) is 36.0. The van der Waals surface area contributed by atoms with E-state index in [4.69, 9.17) is 4.42 Å². The molecule has 2 aromatic rings. The minimum absolute atomic E-state index is 0.0297. The third-order valence-electron chi connectivity index (χ3n) is 3.59. The standard InChI is InChI=1S/C17H12BrFN2O5/c1-25-15(22)8-21-16(23)13(20-17(21)24)7-10-3-5-14(26-10)11-4-2-9(19)6-12(11)18/h2-7H,8H2,1H3,(H,20,24). The summed E-state index contributed by atoms with van der Waals surface area (Å²) >= 11 is 3.26. The smallest absolute Gasteiger partial charge is 0.329 e. The Morgan fingerprint density at radius 3 is 2.81 bits per heavy atom. The molecule has 0 atom stereocenters. The van der Waals surface area contributed by atoms with E-state index in [1.165, 1.54) is 18.2 Å². The summed E-state index contributed by atoms with van der Waals surface area (Å²) in [6, 6.07) is 6.68. The van der Waals surface area contributed by atoms with Gasteiger partial charge in [-0.1, -0.05) is 0 Å². The lowest BCUT2D eigenvalue weighted by molar-refractivity contribution is -0.143. The first-order chi connectivity index (χ1) is 12.4. The highest BCUT2D eigenvalue weighted by Crippen LogP contribution is 2.31. The van der Waals surface area contributed by atoms with E-state index >= 15 is 0 Å². The Balaban J connectivity index is 1.83. The Kier molecular flexibility index (Phi) is 4.90. The van der Waals surface area contributed by atoms with Crippen LogP contribution in [-0.4, -0.2) is 36.5 Å². The van der Waals surface area contributed by atoms with Gasteiger partial charge in [0.1, 0.15) is 29.6 Å². The molecule has 7 nitrogen and oxygen atoms in total. The van der Waals surface area contributed by atoms with E-state index < -0.39 is 24.5 Å². The summed E-state index contributed by atoms with van der Waals surface area (Å²) < 4.78 is 23.8. The summed E-state index contributed by atoms with van der Waals surface area (Å²) in [5, 5.41) is 2.37. The number of hydrogen-bond acceptors (Lipinski definition) is 5. The van der Waals surface area contributed by atoms with Crippen molar-refractivity contribution in [3.8, 4) is 11.3 Å². The van der Waals surface area contributed by atoms with Crippen molar-refractivity contribution in [2.24, 2.45) is 0 Å². The van der Waals surface area contributed by atoms with Crippen LogP contribution in [0.1, 0.15) is 5.76 Å². The van der Waals surface area contributed by atoms with Gasteiger partial charge in [0.25, 0.3) is 5.91 Å². The molecule has 0 spiro atoms. The van der Waals surface area contributed by atoms with Crippen molar-refractivity contribution in [2.45, 2.75) is 0 Å². The number of imide groups is 1. The third-order valence-corrected chi connectivity index (χ3v) is 4.24. The number of urea groups is 1.